The van der Waals surface area contributed by atoms with E-state index in [1.54, 1.807) is 0 Å². The van der Waals surface area contributed by atoms with Crippen LogP contribution >= 0.6 is 0 Å². The number of rotatable bonds is 2. The summed E-state index contributed by atoms with van der Waals surface area (Å²) < 4.78 is 6.05. The van der Waals surface area contributed by atoms with Crippen LogP contribution in [0.3, 0.4) is 0 Å². The average molecular weight is 218 g/mol. The number of hydrogen-bond donors (Lipinski definition) is 0. The summed E-state index contributed by atoms with van der Waals surface area (Å²) in [6.45, 7) is 6.81. The van der Waals surface area contributed by atoms with Crippen molar-refractivity contribution in [2.75, 3.05) is 0 Å². The first-order valence-corrected chi connectivity index (χ1v) is 6.38. The minimum absolute atomic E-state index is 0.424. The Kier molecular flexibility index (Phi) is 3.52. The molecule has 0 spiro atoms. The van der Waals surface area contributed by atoms with E-state index in [0.717, 1.165) is 17.6 Å². The lowest BCUT2D eigenvalue weighted by molar-refractivity contribution is 0.101. The van der Waals surface area contributed by atoms with E-state index in [1.807, 2.05) is 0 Å². The summed E-state index contributed by atoms with van der Waals surface area (Å²) in [6.07, 6.45) is 4.14. The highest BCUT2D eigenvalue weighted by Crippen LogP contribution is 2.31. The SMILES string of the molecule is Cc1cccc(OC2CCC(C)C(C)C2)c1. The van der Waals surface area contributed by atoms with Gasteiger partial charge in [0.25, 0.3) is 0 Å². The van der Waals surface area contributed by atoms with Gasteiger partial charge in [0, 0.05) is 0 Å². The highest BCUT2D eigenvalue weighted by molar-refractivity contribution is 5.27. The Morgan fingerprint density at radius 3 is 2.62 bits per heavy atom. The van der Waals surface area contributed by atoms with Crippen LogP contribution in [0.5, 0.6) is 5.75 Å². The second-order valence-electron chi connectivity index (χ2n) is 5.32. The molecule has 1 aromatic rings. The van der Waals surface area contributed by atoms with Crippen molar-refractivity contribution in [2.45, 2.75) is 46.1 Å². The third-order valence-corrected chi connectivity index (χ3v) is 3.84. The zero-order valence-corrected chi connectivity index (χ0v) is 10.6. The van der Waals surface area contributed by atoms with Crippen molar-refractivity contribution in [2.24, 2.45) is 11.8 Å². The topological polar surface area (TPSA) is 9.23 Å². The molecular weight excluding hydrogens is 196 g/mol. The van der Waals surface area contributed by atoms with Crippen LogP contribution in [0.1, 0.15) is 38.7 Å². The zero-order chi connectivity index (χ0) is 11.5. The average Bonchev–Trinajstić information content (AvgIpc) is 2.24. The predicted octanol–water partition coefficient (Wildman–Crippen LogP) is 4.20. The second kappa shape index (κ2) is 4.90. The van der Waals surface area contributed by atoms with Crippen molar-refractivity contribution in [1.82, 2.24) is 0 Å². The highest BCUT2D eigenvalue weighted by Gasteiger charge is 2.25. The minimum Gasteiger partial charge on any atom is -0.490 e. The quantitative estimate of drug-likeness (QED) is 0.723. The maximum Gasteiger partial charge on any atom is 0.119 e. The Morgan fingerprint density at radius 1 is 1.12 bits per heavy atom. The lowest BCUT2D eigenvalue weighted by Gasteiger charge is -2.32. The van der Waals surface area contributed by atoms with Gasteiger partial charge in [-0.1, -0.05) is 26.0 Å². The van der Waals surface area contributed by atoms with Crippen molar-refractivity contribution in [1.29, 1.82) is 0 Å². The van der Waals surface area contributed by atoms with E-state index >= 15 is 0 Å². The van der Waals surface area contributed by atoms with E-state index in [-0.39, 0.29) is 0 Å². The second-order valence-corrected chi connectivity index (χ2v) is 5.32. The summed E-state index contributed by atoms with van der Waals surface area (Å²) in [5, 5.41) is 0. The summed E-state index contributed by atoms with van der Waals surface area (Å²) in [7, 11) is 0. The van der Waals surface area contributed by atoms with Crippen LogP contribution in [0, 0.1) is 18.8 Å². The van der Waals surface area contributed by atoms with E-state index < -0.39 is 0 Å². The maximum absolute atomic E-state index is 6.05. The number of ether oxygens (including phenoxy) is 1. The normalized spacial score (nSPS) is 30.1. The fraction of sp³-hybridized carbons (Fsp3) is 0.600. The van der Waals surface area contributed by atoms with Crippen LogP contribution < -0.4 is 4.74 Å². The molecule has 0 amide bonds. The maximum atomic E-state index is 6.05. The van der Waals surface area contributed by atoms with Gasteiger partial charge < -0.3 is 4.74 Å². The van der Waals surface area contributed by atoms with E-state index in [9.17, 15) is 0 Å². The number of aryl methyl sites for hydroxylation is 1. The van der Waals surface area contributed by atoms with Gasteiger partial charge in [-0.2, -0.15) is 0 Å². The fourth-order valence-electron chi connectivity index (χ4n) is 2.49. The molecule has 3 atom stereocenters. The van der Waals surface area contributed by atoms with Gasteiger partial charge in [-0.05, 0) is 55.7 Å². The van der Waals surface area contributed by atoms with Crippen molar-refractivity contribution >= 4 is 0 Å². The van der Waals surface area contributed by atoms with E-state index in [1.165, 1.54) is 24.8 Å². The Balaban J connectivity index is 1.95. The number of benzene rings is 1. The molecule has 0 radical (unpaired) electrons. The molecule has 1 heteroatoms. The Hall–Kier alpha value is -0.980. The summed E-state index contributed by atoms with van der Waals surface area (Å²) in [5.74, 6) is 2.69. The summed E-state index contributed by atoms with van der Waals surface area (Å²) in [4.78, 5) is 0. The van der Waals surface area contributed by atoms with Gasteiger partial charge in [0.1, 0.15) is 5.75 Å². The van der Waals surface area contributed by atoms with Crippen LogP contribution in [-0.4, -0.2) is 6.10 Å². The van der Waals surface area contributed by atoms with Crippen molar-refractivity contribution < 1.29 is 4.74 Å². The minimum atomic E-state index is 0.424. The standard InChI is InChI=1S/C15H22O/c1-11-5-4-6-14(9-11)16-15-8-7-12(2)13(3)10-15/h4-6,9,12-13,15H,7-8,10H2,1-3H3. The zero-order valence-electron chi connectivity index (χ0n) is 10.6. The van der Waals surface area contributed by atoms with Crippen molar-refractivity contribution in [3.8, 4) is 5.75 Å². The monoisotopic (exact) mass is 218 g/mol. The molecule has 1 aromatic carbocycles. The predicted molar refractivity (Wildman–Crippen MR) is 67.8 cm³/mol. The molecule has 16 heavy (non-hydrogen) atoms. The molecule has 3 unspecified atom stereocenters. The van der Waals surface area contributed by atoms with Gasteiger partial charge >= 0.3 is 0 Å². The Labute approximate surface area is 98.8 Å². The molecule has 0 bridgehead atoms. The summed E-state index contributed by atoms with van der Waals surface area (Å²) in [5.41, 5.74) is 1.27. The molecule has 0 saturated heterocycles. The lowest BCUT2D eigenvalue weighted by atomic mass is 9.80. The first-order valence-electron chi connectivity index (χ1n) is 6.38. The van der Waals surface area contributed by atoms with Crippen LogP contribution in [0.15, 0.2) is 24.3 Å². The Morgan fingerprint density at radius 2 is 1.94 bits per heavy atom. The molecule has 1 aliphatic carbocycles. The van der Waals surface area contributed by atoms with Gasteiger partial charge in [0.2, 0.25) is 0 Å². The molecule has 0 aliphatic heterocycles. The van der Waals surface area contributed by atoms with Crippen LogP contribution in [0.4, 0.5) is 0 Å². The van der Waals surface area contributed by atoms with Crippen molar-refractivity contribution in [3.63, 3.8) is 0 Å². The van der Waals surface area contributed by atoms with E-state index in [2.05, 4.69) is 45.0 Å². The van der Waals surface area contributed by atoms with E-state index in [0.29, 0.717) is 6.10 Å². The van der Waals surface area contributed by atoms with Crippen LogP contribution in [0.2, 0.25) is 0 Å². The molecule has 0 N–H and O–H groups in total. The third-order valence-electron chi connectivity index (χ3n) is 3.84. The molecule has 2 rings (SSSR count). The fourth-order valence-corrected chi connectivity index (χ4v) is 2.49. The van der Waals surface area contributed by atoms with E-state index in [4.69, 9.17) is 4.74 Å². The molecule has 88 valence electrons. The van der Waals surface area contributed by atoms with Crippen LogP contribution in [-0.2, 0) is 0 Å². The summed E-state index contributed by atoms with van der Waals surface area (Å²) >= 11 is 0. The smallest absolute Gasteiger partial charge is 0.119 e. The summed E-state index contributed by atoms with van der Waals surface area (Å²) in [6, 6.07) is 8.37. The third kappa shape index (κ3) is 2.78. The molecular formula is C15H22O. The van der Waals surface area contributed by atoms with Gasteiger partial charge in [-0.3, -0.25) is 0 Å². The first kappa shape index (κ1) is 11.5. The van der Waals surface area contributed by atoms with Gasteiger partial charge in [-0.15, -0.1) is 0 Å². The first-order chi connectivity index (χ1) is 7.65. The molecule has 0 heterocycles. The van der Waals surface area contributed by atoms with Crippen LogP contribution in [0.25, 0.3) is 0 Å². The highest BCUT2D eigenvalue weighted by atomic mass is 16.5. The number of hydrogen-bond acceptors (Lipinski definition) is 1. The lowest BCUT2D eigenvalue weighted by Crippen LogP contribution is -2.28. The Bertz CT molecular complexity index is 345. The van der Waals surface area contributed by atoms with Gasteiger partial charge in [-0.25, -0.2) is 0 Å². The van der Waals surface area contributed by atoms with Crippen molar-refractivity contribution in [3.05, 3.63) is 29.8 Å². The molecule has 1 nitrogen and oxygen atoms in total. The molecule has 1 saturated carbocycles. The van der Waals surface area contributed by atoms with Gasteiger partial charge in [0.15, 0.2) is 0 Å². The van der Waals surface area contributed by atoms with Gasteiger partial charge in [0.05, 0.1) is 6.10 Å². The largest absolute Gasteiger partial charge is 0.490 e. The molecule has 1 fully saturated rings. The molecule has 0 aromatic heterocycles. The molecule has 1 aliphatic rings.